The normalized spacial score (nSPS) is 28.4. The molecule has 2 saturated heterocycles. The fraction of sp³-hybridized carbons (Fsp3) is 0.667. The molecule has 0 bridgehead atoms. The predicted molar refractivity (Wildman–Crippen MR) is 64.1 cm³/mol. The molecular formula is C12H17N3O3. The van der Waals surface area contributed by atoms with Crippen LogP contribution in [0.4, 0.5) is 4.79 Å². The van der Waals surface area contributed by atoms with Gasteiger partial charge in [-0.15, -0.1) is 0 Å². The molecule has 0 spiro atoms. The van der Waals surface area contributed by atoms with Crippen LogP contribution in [0.5, 0.6) is 0 Å². The Hall–Kier alpha value is -1.58. The van der Waals surface area contributed by atoms with E-state index in [2.05, 4.69) is 4.90 Å². The molecule has 0 radical (unpaired) electrons. The molecule has 0 aliphatic carbocycles. The van der Waals surface area contributed by atoms with Crippen molar-refractivity contribution in [3.8, 4) is 6.07 Å². The van der Waals surface area contributed by atoms with Crippen molar-refractivity contribution in [1.82, 2.24) is 9.80 Å². The zero-order chi connectivity index (χ0) is 13.1. The van der Waals surface area contributed by atoms with E-state index in [1.54, 1.807) is 13.2 Å². The lowest BCUT2D eigenvalue weighted by molar-refractivity contribution is -0.0387. The Bertz CT molecular complexity index is 394. The molecule has 0 saturated carbocycles. The van der Waals surface area contributed by atoms with Crippen molar-refractivity contribution in [3.63, 3.8) is 0 Å². The van der Waals surface area contributed by atoms with Crippen LogP contribution in [-0.4, -0.2) is 66.4 Å². The van der Waals surface area contributed by atoms with Crippen LogP contribution in [0, 0.1) is 11.3 Å². The number of hydrogen-bond acceptors (Lipinski definition) is 4. The maximum Gasteiger partial charge on any atom is 0.407 e. The number of hydrogen-bond donors (Lipinski definition) is 1. The maximum atomic E-state index is 10.9. The number of allylic oxidation sites excluding steroid dienone is 1. The number of nitriles is 1. The summed E-state index contributed by atoms with van der Waals surface area (Å²) in [5.74, 6) is 0. The molecule has 1 amide bonds. The van der Waals surface area contributed by atoms with Crippen molar-refractivity contribution in [1.29, 1.82) is 5.26 Å². The van der Waals surface area contributed by atoms with Crippen molar-refractivity contribution in [3.05, 3.63) is 11.6 Å². The molecule has 98 valence electrons. The maximum absolute atomic E-state index is 10.9. The molecule has 2 fully saturated rings. The van der Waals surface area contributed by atoms with E-state index >= 15 is 0 Å². The highest BCUT2D eigenvalue weighted by Gasteiger charge is 2.38. The minimum Gasteiger partial charge on any atom is -0.465 e. The van der Waals surface area contributed by atoms with Crippen LogP contribution >= 0.6 is 0 Å². The minimum atomic E-state index is -0.885. The van der Waals surface area contributed by atoms with Crippen LogP contribution in [0.15, 0.2) is 11.6 Å². The van der Waals surface area contributed by atoms with E-state index in [1.165, 1.54) is 4.90 Å². The van der Waals surface area contributed by atoms with Gasteiger partial charge in [-0.05, 0) is 12.0 Å². The van der Waals surface area contributed by atoms with Crippen molar-refractivity contribution < 1.29 is 14.6 Å². The molecule has 6 heteroatoms. The first-order valence-electron chi connectivity index (χ1n) is 5.98. The number of amides is 1. The first-order chi connectivity index (χ1) is 8.65. The Balaban J connectivity index is 1.93. The standard InChI is InChI=1S/C12H17N3O3/c1-18-11-8-14(12(16)17)5-3-10(11)15-6-9(7-15)2-4-13/h2,10-11H,3,5-8H2,1H3,(H,16,17)/t10-,11+/m0/s1. The van der Waals surface area contributed by atoms with Gasteiger partial charge in [0.2, 0.25) is 0 Å². The van der Waals surface area contributed by atoms with Gasteiger partial charge in [0, 0.05) is 38.9 Å². The predicted octanol–water partition coefficient (Wildman–Crippen LogP) is 0.519. The molecule has 2 rings (SSSR count). The molecule has 0 unspecified atom stereocenters. The largest absolute Gasteiger partial charge is 0.465 e. The number of ether oxygens (including phenoxy) is 1. The van der Waals surface area contributed by atoms with Crippen LogP contribution in [0.1, 0.15) is 6.42 Å². The van der Waals surface area contributed by atoms with Crippen LogP contribution < -0.4 is 0 Å². The highest BCUT2D eigenvalue weighted by molar-refractivity contribution is 5.65. The van der Waals surface area contributed by atoms with Gasteiger partial charge in [-0.25, -0.2) is 4.79 Å². The summed E-state index contributed by atoms with van der Waals surface area (Å²) in [5.41, 5.74) is 1.13. The van der Waals surface area contributed by atoms with Gasteiger partial charge in [-0.1, -0.05) is 0 Å². The second kappa shape index (κ2) is 5.38. The second-order valence-corrected chi connectivity index (χ2v) is 4.70. The molecule has 2 atom stereocenters. The highest BCUT2D eigenvalue weighted by atomic mass is 16.5. The van der Waals surface area contributed by atoms with Gasteiger partial charge in [-0.3, -0.25) is 4.90 Å². The lowest BCUT2D eigenvalue weighted by Crippen LogP contribution is -2.59. The molecule has 6 nitrogen and oxygen atoms in total. The van der Waals surface area contributed by atoms with E-state index in [4.69, 9.17) is 15.1 Å². The summed E-state index contributed by atoms with van der Waals surface area (Å²) in [7, 11) is 1.62. The monoisotopic (exact) mass is 251 g/mol. The van der Waals surface area contributed by atoms with E-state index in [0.29, 0.717) is 13.1 Å². The summed E-state index contributed by atoms with van der Waals surface area (Å²) in [4.78, 5) is 14.6. The van der Waals surface area contributed by atoms with Crippen LogP contribution in [0.25, 0.3) is 0 Å². The fourth-order valence-electron chi connectivity index (χ4n) is 2.62. The molecule has 0 aromatic heterocycles. The van der Waals surface area contributed by atoms with Crippen LogP contribution in [0.3, 0.4) is 0 Å². The van der Waals surface area contributed by atoms with Gasteiger partial charge in [0.05, 0.1) is 18.7 Å². The van der Waals surface area contributed by atoms with Crippen molar-refractivity contribution in [2.24, 2.45) is 0 Å². The zero-order valence-corrected chi connectivity index (χ0v) is 10.4. The van der Waals surface area contributed by atoms with Gasteiger partial charge in [0.25, 0.3) is 0 Å². The zero-order valence-electron chi connectivity index (χ0n) is 10.4. The van der Waals surface area contributed by atoms with E-state index in [-0.39, 0.29) is 12.1 Å². The molecule has 1 N–H and O–H groups in total. The number of carboxylic acid groups (broad SMARTS) is 1. The summed E-state index contributed by atoms with van der Waals surface area (Å²) >= 11 is 0. The van der Waals surface area contributed by atoms with Gasteiger partial charge in [0.1, 0.15) is 0 Å². The van der Waals surface area contributed by atoms with E-state index in [1.807, 2.05) is 6.07 Å². The number of rotatable bonds is 2. The quantitative estimate of drug-likeness (QED) is 0.724. The Labute approximate surface area is 106 Å². The lowest BCUT2D eigenvalue weighted by Gasteiger charge is -2.47. The second-order valence-electron chi connectivity index (χ2n) is 4.70. The van der Waals surface area contributed by atoms with Gasteiger partial charge in [-0.2, -0.15) is 5.26 Å². The number of nitrogens with zero attached hydrogens (tertiary/aromatic N) is 3. The molecular weight excluding hydrogens is 234 g/mol. The van der Waals surface area contributed by atoms with Crippen molar-refractivity contribution in [2.45, 2.75) is 18.6 Å². The molecule has 18 heavy (non-hydrogen) atoms. The Morgan fingerprint density at radius 1 is 1.61 bits per heavy atom. The summed E-state index contributed by atoms with van der Waals surface area (Å²) in [5, 5.41) is 17.5. The SMILES string of the molecule is CO[C@@H]1CN(C(=O)O)CC[C@@H]1N1CC(=CC#N)C1. The van der Waals surface area contributed by atoms with Gasteiger partial charge in [0.15, 0.2) is 0 Å². The highest BCUT2D eigenvalue weighted by Crippen LogP contribution is 2.26. The van der Waals surface area contributed by atoms with Crippen molar-refractivity contribution in [2.75, 3.05) is 33.3 Å². The molecule has 2 heterocycles. The topological polar surface area (TPSA) is 76.8 Å². The lowest BCUT2D eigenvalue weighted by atomic mass is 9.95. The fourth-order valence-corrected chi connectivity index (χ4v) is 2.62. The number of likely N-dealkylation sites (tertiary alicyclic amines) is 2. The average molecular weight is 251 g/mol. The summed E-state index contributed by atoms with van der Waals surface area (Å²) in [6, 6.07) is 2.29. The minimum absolute atomic E-state index is 0.0847. The number of carbonyl (C=O) groups is 1. The van der Waals surface area contributed by atoms with E-state index in [9.17, 15) is 4.79 Å². The molecule has 2 aliphatic rings. The van der Waals surface area contributed by atoms with Gasteiger partial charge < -0.3 is 14.7 Å². The number of piperidine rings is 1. The third-order valence-electron chi connectivity index (χ3n) is 3.65. The molecule has 2 aliphatic heterocycles. The molecule has 0 aromatic carbocycles. The Morgan fingerprint density at radius 3 is 2.89 bits per heavy atom. The number of methoxy groups -OCH3 is 1. The third-order valence-corrected chi connectivity index (χ3v) is 3.65. The van der Waals surface area contributed by atoms with Crippen LogP contribution in [-0.2, 0) is 4.74 Å². The van der Waals surface area contributed by atoms with E-state index < -0.39 is 6.09 Å². The third kappa shape index (κ3) is 2.47. The molecule has 0 aromatic rings. The first kappa shape index (κ1) is 12.9. The van der Waals surface area contributed by atoms with Crippen molar-refractivity contribution >= 4 is 6.09 Å². The van der Waals surface area contributed by atoms with Crippen LogP contribution in [0.2, 0.25) is 0 Å². The average Bonchev–Trinajstić information content (AvgIpc) is 2.32. The Morgan fingerprint density at radius 2 is 2.33 bits per heavy atom. The summed E-state index contributed by atoms with van der Waals surface area (Å²) < 4.78 is 5.41. The smallest absolute Gasteiger partial charge is 0.407 e. The Kier molecular flexibility index (Phi) is 3.84. The first-order valence-corrected chi connectivity index (χ1v) is 5.98. The van der Waals surface area contributed by atoms with Gasteiger partial charge >= 0.3 is 6.09 Å². The van der Waals surface area contributed by atoms with E-state index in [0.717, 1.165) is 25.1 Å². The summed E-state index contributed by atoms with van der Waals surface area (Å²) in [6.07, 6.45) is 1.40. The summed E-state index contributed by atoms with van der Waals surface area (Å²) in [6.45, 7) is 2.56.